The second-order valence-corrected chi connectivity index (χ2v) is 13.7. The minimum Gasteiger partial charge on any atom is -0.391 e. The fourth-order valence-corrected chi connectivity index (χ4v) is 7.95. The van der Waals surface area contributed by atoms with E-state index in [0.29, 0.717) is 5.41 Å². The maximum Gasteiger partial charge on any atom is 0.179 e. The third kappa shape index (κ3) is 3.56. The topological polar surface area (TPSA) is 29.5 Å². The summed E-state index contributed by atoms with van der Waals surface area (Å²) in [6.07, 6.45) is 8.45. The van der Waals surface area contributed by atoms with E-state index in [-0.39, 0.29) is 5.41 Å². The lowest BCUT2D eigenvalue weighted by molar-refractivity contribution is -0.132. The fourth-order valence-electron chi connectivity index (χ4n) is 6.89. The van der Waals surface area contributed by atoms with Gasteiger partial charge in [-0.05, 0) is 104 Å². The highest BCUT2D eigenvalue weighted by Gasteiger charge is 2.52. The number of hydrogen-bond donors (Lipinski definition) is 1. The molecule has 0 saturated heterocycles. The fraction of sp³-hybridized carbons (Fsp3) is 0.750. The van der Waals surface area contributed by atoms with Crippen LogP contribution < -0.4 is 0 Å². The quantitative estimate of drug-likeness (QED) is 0.538. The summed E-state index contributed by atoms with van der Waals surface area (Å²) < 4.78 is 6.02. The molecule has 1 aromatic rings. The molecule has 0 aliphatic heterocycles. The molecule has 27 heavy (non-hydrogen) atoms. The Bertz CT molecular complexity index is 678. The molecule has 0 heterocycles. The van der Waals surface area contributed by atoms with Crippen molar-refractivity contribution in [3.8, 4) is 0 Å². The zero-order chi connectivity index (χ0) is 19.6. The van der Waals surface area contributed by atoms with E-state index >= 15 is 0 Å². The first-order valence-corrected chi connectivity index (χ1v) is 13.8. The maximum atomic E-state index is 11.1. The van der Waals surface area contributed by atoms with E-state index in [1.807, 2.05) is 6.92 Å². The minimum absolute atomic E-state index is 0.122. The van der Waals surface area contributed by atoms with E-state index in [2.05, 4.69) is 52.1 Å². The van der Waals surface area contributed by atoms with Gasteiger partial charge >= 0.3 is 0 Å². The van der Waals surface area contributed by atoms with Crippen molar-refractivity contribution in [2.24, 2.45) is 17.8 Å². The van der Waals surface area contributed by atoms with Crippen LogP contribution >= 0.6 is 0 Å². The highest BCUT2D eigenvalue weighted by molar-refractivity contribution is 6.48. The van der Waals surface area contributed by atoms with Gasteiger partial charge in [0.25, 0.3) is 0 Å². The first-order chi connectivity index (χ1) is 12.5. The minimum atomic E-state index is -1.34. The molecule has 0 aromatic heterocycles. The van der Waals surface area contributed by atoms with E-state index in [1.54, 1.807) is 0 Å². The van der Waals surface area contributed by atoms with Crippen molar-refractivity contribution in [3.05, 3.63) is 34.9 Å². The number of benzene rings is 1. The van der Waals surface area contributed by atoms with E-state index in [9.17, 15) is 5.11 Å². The van der Waals surface area contributed by atoms with Crippen LogP contribution in [-0.2, 0) is 21.0 Å². The Morgan fingerprint density at radius 3 is 1.93 bits per heavy atom. The molecule has 1 aromatic carbocycles. The van der Waals surface area contributed by atoms with Gasteiger partial charge in [0.2, 0.25) is 0 Å². The highest BCUT2D eigenvalue weighted by atomic mass is 28.3. The zero-order valence-electron chi connectivity index (χ0n) is 18.1. The Morgan fingerprint density at radius 1 is 0.963 bits per heavy atom. The van der Waals surface area contributed by atoms with Crippen LogP contribution in [0.15, 0.2) is 18.2 Å². The van der Waals surface area contributed by atoms with Gasteiger partial charge in [0.15, 0.2) is 14.8 Å². The molecule has 4 aliphatic rings. The summed E-state index contributed by atoms with van der Waals surface area (Å²) in [6.45, 7) is 13.1. The third-order valence-corrected chi connectivity index (χ3v) is 8.37. The first kappa shape index (κ1) is 19.7. The normalized spacial score (nSPS) is 34.9. The van der Waals surface area contributed by atoms with E-state index in [4.69, 9.17) is 4.43 Å². The standard InChI is InChI=1S/C24H38O2Si/c1-22(2,3)20-8-7-19(23(4,25)26-27(5)6)12-21(20)24-13-16-9-17(14-24)11-18(10-16)15-24/h7-8,12,16-18,25,27H,9-11,13-15H2,1-6H3. The predicted molar refractivity (Wildman–Crippen MR) is 115 cm³/mol. The lowest BCUT2D eigenvalue weighted by atomic mass is 9.47. The van der Waals surface area contributed by atoms with Crippen LogP contribution in [0.1, 0.15) is 82.9 Å². The van der Waals surface area contributed by atoms with E-state index < -0.39 is 14.8 Å². The van der Waals surface area contributed by atoms with Crippen LogP contribution in [-0.4, -0.2) is 14.1 Å². The van der Waals surface area contributed by atoms with Gasteiger partial charge in [-0.25, -0.2) is 0 Å². The monoisotopic (exact) mass is 386 g/mol. The van der Waals surface area contributed by atoms with Crippen molar-refractivity contribution in [3.63, 3.8) is 0 Å². The number of hydrogen-bond acceptors (Lipinski definition) is 2. The van der Waals surface area contributed by atoms with Crippen molar-refractivity contribution in [2.45, 2.75) is 95.9 Å². The Kier molecular flexibility index (Phi) is 4.69. The Hall–Kier alpha value is -0.643. The summed E-state index contributed by atoms with van der Waals surface area (Å²) >= 11 is 0. The highest BCUT2D eigenvalue weighted by Crippen LogP contribution is 2.61. The van der Waals surface area contributed by atoms with Crippen LogP contribution in [0, 0.1) is 17.8 Å². The van der Waals surface area contributed by atoms with Crippen LogP contribution in [0.25, 0.3) is 0 Å². The van der Waals surface area contributed by atoms with Gasteiger partial charge in [-0.3, -0.25) is 0 Å². The summed E-state index contributed by atoms with van der Waals surface area (Å²) in [5.74, 6) is 1.60. The van der Waals surface area contributed by atoms with Gasteiger partial charge in [0, 0.05) is 5.56 Å². The molecule has 4 bridgehead atoms. The zero-order valence-corrected chi connectivity index (χ0v) is 19.3. The molecular formula is C24H38O2Si. The molecule has 150 valence electrons. The van der Waals surface area contributed by atoms with Gasteiger partial charge in [-0.2, -0.15) is 0 Å². The van der Waals surface area contributed by atoms with Gasteiger partial charge in [0.05, 0.1) is 0 Å². The molecule has 4 saturated carbocycles. The van der Waals surface area contributed by atoms with Crippen LogP contribution in [0.2, 0.25) is 13.1 Å². The summed E-state index contributed by atoms with van der Waals surface area (Å²) in [5.41, 5.74) is 4.41. The smallest absolute Gasteiger partial charge is 0.179 e. The van der Waals surface area contributed by atoms with E-state index in [0.717, 1.165) is 23.3 Å². The molecule has 4 fully saturated rings. The molecule has 1 unspecified atom stereocenters. The predicted octanol–water partition coefficient (Wildman–Crippen LogP) is 5.62. The Labute approximate surface area is 167 Å². The average molecular weight is 387 g/mol. The van der Waals surface area contributed by atoms with Gasteiger partial charge in [-0.15, -0.1) is 0 Å². The molecule has 0 amide bonds. The summed E-state index contributed by atoms with van der Waals surface area (Å²) in [4.78, 5) is 0. The van der Waals surface area contributed by atoms with Crippen LogP contribution in [0.3, 0.4) is 0 Å². The summed E-state index contributed by atoms with van der Waals surface area (Å²) in [6, 6.07) is 6.74. The average Bonchev–Trinajstić information content (AvgIpc) is 2.51. The van der Waals surface area contributed by atoms with Crippen molar-refractivity contribution < 1.29 is 9.53 Å². The second-order valence-electron chi connectivity index (χ2n) is 11.4. The first-order valence-electron chi connectivity index (χ1n) is 11.0. The molecule has 1 atom stereocenters. The number of aliphatic hydroxyl groups is 1. The SMILES string of the molecule is C[SiH](C)OC(C)(O)c1ccc(C(C)(C)C)c(C23CC4CC(CC(C4)C2)C3)c1. The van der Waals surface area contributed by atoms with Crippen molar-refractivity contribution in [2.75, 3.05) is 0 Å². The lowest BCUT2D eigenvalue weighted by Gasteiger charge is -2.58. The van der Waals surface area contributed by atoms with Gasteiger partial charge < -0.3 is 9.53 Å². The lowest BCUT2D eigenvalue weighted by Crippen LogP contribution is -2.49. The third-order valence-electron chi connectivity index (χ3n) is 7.44. The van der Waals surface area contributed by atoms with Gasteiger partial charge in [0.1, 0.15) is 0 Å². The van der Waals surface area contributed by atoms with Gasteiger partial charge in [-0.1, -0.05) is 32.9 Å². The van der Waals surface area contributed by atoms with Crippen molar-refractivity contribution in [1.29, 1.82) is 0 Å². The molecule has 2 nitrogen and oxygen atoms in total. The second kappa shape index (κ2) is 6.43. The molecule has 0 radical (unpaired) electrons. The van der Waals surface area contributed by atoms with Crippen LogP contribution in [0.4, 0.5) is 0 Å². The maximum absolute atomic E-state index is 11.1. The Balaban J connectivity index is 1.81. The summed E-state index contributed by atoms with van der Waals surface area (Å²) in [5, 5.41) is 11.1. The molecular weight excluding hydrogens is 348 g/mol. The molecule has 1 N–H and O–H groups in total. The molecule has 3 heteroatoms. The molecule has 4 aliphatic carbocycles. The molecule has 0 spiro atoms. The van der Waals surface area contributed by atoms with Crippen molar-refractivity contribution in [1.82, 2.24) is 0 Å². The Morgan fingerprint density at radius 2 is 1.48 bits per heavy atom. The number of rotatable bonds is 4. The summed E-state index contributed by atoms with van der Waals surface area (Å²) in [7, 11) is -1.34. The molecule has 5 rings (SSSR count). The van der Waals surface area contributed by atoms with Crippen LogP contribution in [0.5, 0.6) is 0 Å². The van der Waals surface area contributed by atoms with E-state index in [1.165, 1.54) is 49.7 Å². The largest absolute Gasteiger partial charge is 0.391 e. The van der Waals surface area contributed by atoms with Crippen molar-refractivity contribution >= 4 is 9.04 Å².